The topological polar surface area (TPSA) is 56.4 Å². The lowest BCUT2D eigenvalue weighted by Crippen LogP contribution is -2.55. The molecule has 3 N–H and O–H groups in total. The van der Waals surface area contributed by atoms with Crippen molar-refractivity contribution in [2.24, 2.45) is 11.8 Å². The molecule has 6 heteroatoms. The molecular formula is C19H27FN4O. The van der Waals surface area contributed by atoms with E-state index in [0.717, 1.165) is 18.9 Å². The highest BCUT2D eigenvalue weighted by Gasteiger charge is 2.47. The number of nitrogens with zero attached hydrogens (tertiary/aromatic N) is 1. The summed E-state index contributed by atoms with van der Waals surface area (Å²) in [5, 5.41) is 2.94. The molecule has 1 aromatic rings. The van der Waals surface area contributed by atoms with Crippen LogP contribution in [0.15, 0.2) is 18.2 Å². The SMILES string of the molecule is Cc1cc(NC(=O)N2CC3C(CC2C)NNC3C2CCC2)ccc1F. The molecule has 0 aromatic heterocycles. The zero-order chi connectivity index (χ0) is 17.6. The number of hydrogen-bond donors (Lipinski definition) is 3. The van der Waals surface area contributed by atoms with Crippen molar-refractivity contribution in [3.63, 3.8) is 0 Å². The summed E-state index contributed by atoms with van der Waals surface area (Å²) >= 11 is 0. The molecule has 4 unspecified atom stereocenters. The Morgan fingerprint density at radius 3 is 2.80 bits per heavy atom. The summed E-state index contributed by atoms with van der Waals surface area (Å²) in [6, 6.07) is 5.70. The lowest BCUT2D eigenvalue weighted by atomic mass is 9.72. The Balaban J connectivity index is 1.45. The van der Waals surface area contributed by atoms with Gasteiger partial charge in [0.2, 0.25) is 0 Å². The standard InChI is InChI=1S/C19H27FN4O/c1-11-8-14(6-7-16(11)20)21-19(25)24-10-15-17(9-12(24)2)22-23-18(15)13-4-3-5-13/h6-8,12-13,15,17-18,22-23H,3-5,9-10H2,1-2H3,(H,21,25). The molecule has 2 amide bonds. The van der Waals surface area contributed by atoms with E-state index in [0.29, 0.717) is 29.3 Å². The number of piperidine rings is 1. The number of fused-ring (bicyclic) bond motifs is 1. The number of urea groups is 1. The summed E-state index contributed by atoms with van der Waals surface area (Å²) in [7, 11) is 0. The van der Waals surface area contributed by atoms with Crippen LogP contribution in [0.5, 0.6) is 0 Å². The molecule has 0 radical (unpaired) electrons. The van der Waals surface area contributed by atoms with E-state index < -0.39 is 0 Å². The number of rotatable bonds is 2. The maximum atomic E-state index is 13.4. The van der Waals surface area contributed by atoms with Gasteiger partial charge in [-0.1, -0.05) is 6.42 Å². The molecule has 4 atom stereocenters. The molecule has 5 nitrogen and oxygen atoms in total. The van der Waals surface area contributed by atoms with Gasteiger partial charge in [-0.15, -0.1) is 0 Å². The van der Waals surface area contributed by atoms with Gasteiger partial charge in [0.15, 0.2) is 0 Å². The Morgan fingerprint density at radius 1 is 1.32 bits per heavy atom. The molecular weight excluding hydrogens is 319 g/mol. The highest BCUT2D eigenvalue weighted by Crippen LogP contribution is 2.38. The van der Waals surface area contributed by atoms with Crippen LogP contribution in [0, 0.1) is 24.6 Å². The third-order valence-electron chi connectivity index (χ3n) is 6.28. The van der Waals surface area contributed by atoms with Gasteiger partial charge in [0.25, 0.3) is 0 Å². The smallest absolute Gasteiger partial charge is 0.321 e. The van der Waals surface area contributed by atoms with Gasteiger partial charge in [0.1, 0.15) is 5.82 Å². The van der Waals surface area contributed by atoms with Crippen LogP contribution in [-0.4, -0.2) is 35.6 Å². The molecule has 2 saturated heterocycles. The Hall–Kier alpha value is -1.66. The number of amides is 2. The van der Waals surface area contributed by atoms with Crippen LogP contribution in [0.4, 0.5) is 14.9 Å². The number of aryl methyl sites for hydroxylation is 1. The summed E-state index contributed by atoms with van der Waals surface area (Å²) in [6.45, 7) is 4.57. The summed E-state index contributed by atoms with van der Waals surface area (Å²) in [6.07, 6.45) is 4.86. The number of anilines is 1. The van der Waals surface area contributed by atoms with E-state index in [1.807, 2.05) is 4.90 Å². The Labute approximate surface area is 148 Å². The third-order valence-corrected chi connectivity index (χ3v) is 6.28. The number of benzene rings is 1. The molecule has 0 bridgehead atoms. The monoisotopic (exact) mass is 346 g/mol. The molecule has 3 aliphatic rings. The van der Waals surface area contributed by atoms with E-state index in [1.54, 1.807) is 19.1 Å². The van der Waals surface area contributed by atoms with Crippen molar-refractivity contribution in [2.75, 3.05) is 11.9 Å². The number of nitrogens with one attached hydrogen (secondary N) is 3. The quantitative estimate of drug-likeness (QED) is 0.771. The van der Waals surface area contributed by atoms with Crippen molar-refractivity contribution < 1.29 is 9.18 Å². The average molecular weight is 346 g/mol. The average Bonchev–Trinajstić information content (AvgIpc) is 2.91. The van der Waals surface area contributed by atoms with Crippen LogP contribution >= 0.6 is 0 Å². The van der Waals surface area contributed by atoms with Gasteiger partial charge in [-0.3, -0.25) is 10.9 Å². The first kappa shape index (κ1) is 16.8. The van der Waals surface area contributed by atoms with Crippen LogP contribution in [0.25, 0.3) is 0 Å². The number of likely N-dealkylation sites (tertiary alicyclic amines) is 1. The predicted octanol–water partition coefficient (Wildman–Crippen LogP) is 3.02. The molecule has 1 aromatic carbocycles. The normalized spacial score (nSPS) is 32.2. The zero-order valence-electron chi connectivity index (χ0n) is 14.9. The van der Waals surface area contributed by atoms with Crippen molar-refractivity contribution in [1.82, 2.24) is 15.8 Å². The Morgan fingerprint density at radius 2 is 2.12 bits per heavy atom. The van der Waals surface area contributed by atoms with Crippen molar-refractivity contribution in [3.05, 3.63) is 29.6 Å². The minimum absolute atomic E-state index is 0.0868. The Bertz CT molecular complexity index is 663. The van der Waals surface area contributed by atoms with Gasteiger partial charge in [-0.05, 0) is 62.8 Å². The number of hydrazine groups is 1. The second-order valence-corrected chi connectivity index (χ2v) is 7.91. The molecule has 2 heterocycles. The molecule has 1 aliphatic carbocycles. The van der Waals surface area contributed by atoms with Crippen molar-refractivity contribution in [2.45, 2.75) is 57.7 Å². The fourth-order valence-electron chi connectivity index (χ4n) is 4.51. The molecule has 136 valence electrons. The highest BCUT2D eigenvalue weighted by atomic mass is 19.1. The van der Waals surface area contributed by atoms with Crippen LogP contribution in [0.1, 0.15) is 38.2 Å². The molecule has 3 fully saturated rings. The first-order chi connectivity index (χ1) is 12.0. The van der Waals surface area contributed by atoms with E-state index in [9.17, 15) is 9.18 Å². The summed E-state index contributed by atoms with van der Waals surface area (Å²) in [4.78, 5) is 14.7. The molecule has 1 saturated carbocycles. The first-order valence-electron chi connectivity index (χ1n) is 9.38. The summed E-state index contributed by atoms with van der Waals surface area (Å²) in [5.41, 5.74) is 8.14. The van der Waals surface area contributed by atoms with E-state index in [-0.39, 0.29) is 17.9 Å². The minimum Gasteiger partial charge on any atom is -0.321 e. The first-order valence-corrected chi connectivity index (χ1v) is 9.38. The van der Waals surface area contributed by atoms with Crippen LogP contribution in [-0.2, 0) is 0 Å². The van der Waals surface area contributed by atoms with E-state index in [1.165, 1.54) is 25.3 Å². The van der Waals surface area contributed by atoms with Gasteiger partial charge in [-0.2, -0.15) is 0 Å². The van der Waals surface area contributed by atoms with Gasteiger partial charge >= 0.3 is 6.03 Å². The van der Waals surface area contributed by atoms with Gasteiger partial charge in [-0.25, -0.2) is 9.18 Å². The van der Waals surface area contributed by atoms with Crippen LogP contribution < -0.4 is 16.2 Å². The van der Waals surface area contributed by atoms with Gasteiger partial charge in [0.05, 0.1) is 0 Å². The molecule has 25 heavy (non-hydrogen) atoms. The van der Waals surface area contributed by atoms with Gasteiger partial charge < -0.3 is 10.2 Å². The number of hydrogen-bond acceptors (Lipinski definition) is 3. The lowest BCUT2D eigenvalue weighted by molar-refractivity contribution is 0.108. The fraction of sp³-hybridized carbons (Fsp3) is 0.632. The minimum atomic E-state index is -0.251. The summed E-state index contributed by atoms with van der Waals surface area (Å²) in [5.74, 6) is 0.946. The fourth-order valence-corrected chi connectivity index (χ4v) is 4.51. The second-order valence-electron chi connectivity index (χ2n) is 7.91. The number of carbonyl (C=O) groups excluding carboxylic acids is 1. The second kappa shape index (κ2) is 6.57. The maximum Gasteiger partial charge on any atom is 0.322 e. The van der Waals surface area contributed by atoms with E-state index in [4.69, 9.17) is 0 Å². The molecule has 2 aliphatic heterocycles. The van der Waals surface area contributed by atoms with Crippen molar-refractivity contribution in [3.8, 4) is 0 Å². The highest BCUT2D eigenvalue weighted by molar-refractivity contribution is 5.89. The molecule has 4 rings (SSSR count). The third kappa shape index (κ3) is 3.13. The van der Waals surface area contributed by atoms with Crippen LogP contribution in [0.3, 0.4) is 0 Å². The predicted molar refractivity (Wildman–Crippen MR) is 95.6 cm³/mol. The largest absolute Gasteiger partial charge is 0.322 e. The van der Waals surface area contributed by atoms with E-state index in [2.05, 4.69) is 23.1 Å². The van der Waals surface area contributed by atoms with E-state index >= 15 is 0 Å². The van der Waals surface area contributed by atoms with Gasteiger partial charge in [0, 0.05) is 36.3 Å². The van der Waals surface area contributed by atoms with Crippen LogP contribution in [0.2, 0.25) is 0 Å². The van der Waals surface area contributed by atoms with Crippen molar-refractivity contribution >= 4 is 11.7 Å². The number of carbonyl (C=O) groups is 1. The lowest BCUT2D eigenvalue weighted by Gasteiger charge is -2.43. The zero-order valence-corrected chi connectivity index (χ0v) is 14.9. The number of halogens is 1. The molecule has 0 spiro atoms. The maximum absolute atomic E-state index is 13.4. The Kier molecular flexibility index (Phi) is 4.41. The summed E-state index contributed by atoms with van der Waals surface area (Å²) < 4.78 is 13.4. The van der Waals surface area contributed by atoms with Crippen molar-refractivity contribution in [1.29, 1.82) is 0 Å².